The second kappa shape index (κ2) is 8.73. The van der Waals surface area contributed by atoms with E-state index in [1.807, 2.05) is 4.90 Å². The van der Waals surface area contributed by atoms with Gasteiger partial charge in [0.15, 0.2) is 0 Å². The first-order valence-corrected chi connectivity index (χ1v) is 10.3. The van der Waals surface area contributed by atoms with Gasteiger partial charge in [-0.1, -0.05) is 22.0 Å². The van der Waals surface area contributed by atoms with Crippen LogP contribution in [-0.4, -0.2) is 39.0 Å². The van der Waals surface area contributed by atoms with Crippen LogP contribution in [0, 0.1) is 6.92 Å². The molecule has 0 spiro atoms. The first-order valence-electron chi connectivity index (χ1n) is 7.98. The minimum atomic E-state index is -3.71. The van der Waals surface area contributed by atoms with Gasteiger partial charge in [-0.05, 0) is 55.4 Å². The van der Waals surface area contributed by atoms with Crippen LogP contribution in [0.2, 0.25) is 0 Å². The number of nitrogens with two attached hydrogens (primary N) is 1. The molecule has 24 heavy (non-hydrogen) atoms. The molecule has 1 aromatic carbocycles. The molecule has 0 atom stereocenters. The second-order valence-electron chi connectivity index (χ2n) is 6.22. The summed E-state index contributed by atoms with van der Waals surface area (Å²) >= 11 is 3.61. The van der Waals surface area contributed by atoms with Gasteiger partial charge in [-0.15, -0.1) is 0 Å². The minimum absolute atomic E-state index is 0.182. The van der Waals surface area contributed by atoms with Crippen molar-refractivity contribution >= 4 is 26.0 Å². The maximum Gasteiger partial charge on any atom is 0.296 e. The van der Waals surface area contributed by atoms with Gasteiger partial charge in [-0.3, -0.25) is 4.90 Å². The average Bonchev–Trinajstić information content (AvgIpc) is 3.36. The fraction of sp³-hybridized carbons (Fsp3) is 0.625. The van der Waals surface area contributed by atoms with E-state index in [1.54, 1.807) is 7.11 Å². The van der Waals surface area contributed by atoms with Gasteiger partial charge in [-0.2, -0.15) is 18.6 Å². The molecule has 1 aromatic rings. The van der Waals surface area contributed by atoms with Crippen LogP contribution in [0.5, 0.6) is 0 Å². The maximum absolute atomic E-state index is 11.7. The maximum atomic E-state index is 11.7. The van der Waals surface area contributed by atoms with Crippen molar-refractivity contribution in [2.75, 3.05) is 19.6 Å². The van der Waals surface area contributed by atoms with Crippen LogP contribution < -0.4 is 5.90 Å². The molecule has 136 valence electrons. The van der Waals surface area contributed by atoms with Gasteiger partial charge in [0.2, 0.25) is 0 Å². The molecule has 0 saturated heterocycles. The van der Waals surface area contributed by atoms with Crippen LogP contribution in [-0.2, 0) is 32.1 Å². The Morgan fingerprint density at radius 3 is 2.67 bits per heavy atom. The highest BCUT2D eigenvalue weighted by atomic mass is 79.9. The van der Waals surface area contributed by atoms with Gasteiger partial charge in [-0.25, -0.2) is 0 Å². The Bertz CT molecular complexity index is 662. The van der Waals surface area contributed by atoms with E-state index in [0.29, 0.717) is 6.54 Å². The number of methoxy groups -OCH3 is 1. The summed E-state index contributed by atoms with van der Waals surface area (Å²) in [7, 11) is -2.01. The molecule has 2 N–H and O–H groups in total. The number of aryl methyl sites for hydroxylation is 1. The molecule has 1 aliphatic rings. The number of ether oxygens (including phenoxy) is 1. The lowest BCUT2D eigenvalue weighted by molar-refractivity contribution is 0.195. The molecule has 1 saturated carbocycles. The number of hydrogen-bond acceptors (Lipinski definition) is 6. The fourth-order valence-corrected chi connectivity index (χ4v) is 4.06. The van der Waals surface area contributed by atoms with Gasteiger partial charge in [0.1, 0.15) is 5.88 Å². The van der Waals surface area contributed by atoms with Crippen molar-refractivity contribution in [3.63, 3.8) is 0 Å². The second-order valence-corrected chi connectivity index (χ2v) is 8.64. The lowest BCUT2D eigenvalue weighted by Gasteiger charge is -2.22. The molecule has 0 bridgehead atoms. The monoisotopic (exact) mass is 420 g/mol. The third-order valence-corrected chi connectivity index (χ3v) is 5.99. The summed E-state index contributed by atoms with van der Waals surface area (Å²) in [6.07, 6.45) is 3.90. The highest BCUT2D eigenvalue weighted by Gasteiger charge is 2.32. The molecule has 8 heteroatoms. The van der Waals surface area contributed by atoms with Gasteiger partial charge in [0.25, 0.3) is 10.1 Å². The number of halogens is 1. The smallest absolute Gasteiger partial charge is 0.296 e. The predicted molar refractivity (Wildman–Crippen MR) is 96.7 cm³/mol. The van der Waals surface area contributed by atoms with Crippen molar-refractivity contribution in [1.29, 1.82) is 0 Å². The summed E-state index contributed by atoms with van der Waals surface area (Å²) in [4.78, 5) is 1.91. The van der Waals surface area contributed by atoms with Gasteiger partial charge in [0, 0.05) is 30.8 Å². The van der Waals surface area contributed by atoms with E-state index in [4.69, 9.17) is 10.6 Å². The third-order valence-electron chi connectivity index (χ3n) is 4.23. The molecule has 2 rings (SSSR count). The van der Waals surface area contributed by atoms with E-state index in [9.17, 15) is 8.42 Å². The Hall–Kier alpha value is -0.510. The van der Waals surface area contributed by atoms with E-state index in [2.05, 4.69) is 39.3 Å². The quantitative estimate of drug-likeness (QED) is 0.462. The molecule has 6 nitrogen and oxygen atoms in total. The number of hydrogen-bond donors (Lipinski definition) is 1. The fourth-order valence-electron chi connectivity index (χ4n) is 2.74. The topological polar surface area (TPSA) is 81.9 Å². The lowest BCUT2D eigenvalue weighted by atomic mass is 10.0. The summed E-state index contributed by atoms with van der Waals surface area (Å²) in [6, 6.07) is 4.49. The highest BCUT2D eigenvalue weighted by molar-refractivity contribution is 9.10. The van der Waals surface area contributed by atoms with Crippen molar-refractivity contribution in [3.8, 4) is 0 Å². The predicted octanol–water partition coefficient (Wildman–Crippen LogP) is 2.48. The molecule has 0 unspecified atom stereocenters. The zero-order valence-corrected chi connectivity index (χ0v) is 16.5. The molecule has 1 fully saturated rings. The lowest BCUT2D eigenvalue weighted by Crippen LogP contribution is -2.33. The van der Waals surface area contributed by atoms with Crippen molar-refractivity contribution < 1.29 is 17.4 Å². The molecule has 0 aromatic heterocycles. The summed E-state index contributed by atoms with van der Waals surface area (Å²) in [5, 5.41) is 0. The summed E-state index contributed by atoms with van der Waals surface area (Å²) in [6.45, 7) is 3.37. The Morgan fingerprint density at radius 2 is 2.08 bits per heavy atom. The zero-order chi connectivity index (χ0) is 17.7. The Labute approximate surface area is 152 Å². The summed E-state index contributed by atoms with van der Waals surface area (Å²) < 4.78 is 33.7. The first kappa shape index (κ1) is 19.8. The molecular weight excluding hydrogens is 396 g/mol. The van der Waals surface area contributed by atoms with E-state index in [-0.39, 0.29) is 11.9 Å². The normalized spacial score (nSPS) is 15.2. The van der Waals surface area contributed by atoms with Crippen molar-refractivity contribution in [2.24, 2.45) is 5.90 Å². The van der Waals surface area contributed by atoms with Crippen LogP contribution >= 0.6 is 15.9 Å². The number of benzene rings is 1. The van der Waals surface area contributed by atoms with Crippen LogP contribution in [0.25, 0.3) is 0 Å². The van der Waals surface area contributed by atoms with Gasteiger partial charge < -0.3 is 4.74 Å². The van der Waals surface area contributed by atoms with E-state index in [1.165, 1.54) is 11.1 Å². The Morgan fingerprint density at radius 1 is 1.38 bits per heavy atom. The minimum Gasteiger partial charge on any atom is -0.385 e. The molecular formula is C16H25BrN2O4S. The molecule has 0 heterocycles. The standard InChI is InChI=1S/C16H25BrN2O4S/c1-12-14(4-3-7-22-2)8-13(9-16(12)17)10-19(15-5-6-15)11-24(20,21)23-18/h8-9,15H,3-7,10-11,18H2,1-2H3. The SMILES string of the molecule is COCCCc1cc(CN(CS(=O)(=O)ON)C2CC2)cc(Br)c1C. The van der Waals surface area contributed by atoms with E-state index >= 15 is 0 Å². The average molecular weight is 421 g/mol. The Balaban J connectivity index is 2.14. The number of nitrogens with zero attached hydrogens (tertiary/aromatic N) is 1. The van der Waals surface area contributed by atoms with Crippen LogP contribution in [0.3, 0.4) is 0 Å². The first-order chi connectivity index (χ1) is 11.4. The molecule has 0 amide bonds. The highest BCUT2D eigenvalue weighted by Crippen LogP contribution is 2.30. The molecule has 1 aliphatic carbocycles. The largest absolute Gasteiger partial charge is 0.385 e. The molecule has 0 radical (unpaired) electrons. The number of rotatable bonds is 10. The van der Waals surface area contributed by atoms with Gasteiger partial charge in [0.05, 0.1) is 0 Å². The van der Waals surface area contributed by atoms with E-state index in [0.717, 1.165) is 42.3 Å². The summed E-state index contributed by atoms with van der Waals surface area (Å²) in [5.74, 6) is 4.69. The Kier molecular flexibility index (Phi) is 7.21. The van der Waals surface area contributed by atoms with Crippen LogP contribution in [0.1, 0.15) is 36.0 Å². The molecule has 0 aliphatic heterocycles. The van der Waals surface area contributed by atoms with Crippen molar-refractivity contribution in [2.45, 2.75) is 45.2 Å². The van der Waals surface area contributed by atoms with Gasteiger partial charge >= 0.3 is 0 Å². The van der Waals surface area contributed by atoms with Crippen LogP contribution in [0.4, 0.5) is 0 Å². The summed E-state index contributed by atoms with van der Waals surface area (Å²) in [5.41, 5.74) is 3.55. The third kappa shape index (κ3) is 5.79. The van der Waals surface area contributed by atoms with Crippen molar-refractivity contribution in [3.05, 3.63) is 33.3 Å². The zero-order valence-electron chi connectivity index (χ0n) is 14.1. The van der Waals surface area contributed by atoms with Crippen molar-refractivity contribution in [1.82, 2.24) is 4.90 Å². The van der Waals surface area contributed by atoms with Crippen LogP contribution in [0.15, 0.2) is 16.6 Å². The van der Waals surface area contributed by atoms with E-state index < -0.39 is 10.1 Å².